The van der Waals surface area contributed by atoms with Crippen LogP contribution in [-0.4, -0.2) is 44.1 Å². The Morgan fingerprint density at radius 1 is 1.15 bits per heavy atom. The number of ether oxygens (including phenoxy) is 2. The molecule has 2 aromatic carbocycles. The topological polar surface area (TPSA) is 85.1 Å². The number of nitrogens with two attached hydrogens (primary N) is 1. The molecule has 0 aliphatic carbocycles. The number of urea groups is 1. The summed E-state index contributed by atoms with van der Waals surface area (Å²) in [4.78, 5) is 27.9. The van der Waals surface area contributed by atoms with Crippen LogP contribution in [0.25, 0.3) is 0 Å². The summed E-state index contributed by atoms with van der Waals surface area (Å²) >= 11 is 0. The molecule has 0 bridgehead atoms. The number of rotatable bonds is 4. The van der Waals surface area contributed by atoms with E-state index in [0.29, 0.717) is 30.2 Å². The first kappa shape index (κ1) is 17.2. The first-order chi connectivity index (χ1) is 13.0. The smallest absolute Gasteiger partial charge is 0.325 e. The van der Waals surface area contributed by atoms with Crippen LogP contribution in [0.3, 0.4) is 0 Å². The van der Waals surface area contributed by atoms with Crippen LogP contribution in [0.1, 0.15) is 22.7 Å². The third-order valence-corrected chi connectivity index (χ3v) is 5.19. The molecule has 2 heterocycles. The van der Waals surface area contributed by atoms with E-state index in [1.807, 2.05) is 36.4 Å². The highest BCUT2D eigenvalue weighted by Gasteiger charge is 2.41. The van der Waals surface area contributed by atoms with Crippen LogP contribution >= 0.6 is 0 Å². The number of hydrogen-bond donors (Lipinski definition) is 1. The normalized spacial score (nSPS) is 17.7. The number of para-hydroxylation sites is 1. The van der Waals surface area contributed by atoms with Crippen LogP contribution in [-0.2, 0) is 11.2 Å². The molecule has 0 saturated carbocycles. The molecule has 0 fully saturated rings. The zero-order valence-electron chi connectivity index (χ0n) is 15.3. The van der Waals surface area contributed by atoms with Crippen molar-refractivity contribution in [1.82, 2.24) is 4.90 Å². The first-order valence-electron chi connectivity index (χ1n) is 8.75. The van der Waals surface area contributed by atoms with Crippen molar-refractivity contribution in [3.8, 4) is 11.5 Å². The molecular weight excluding hydrogens is 346 g/mol. The molecule has 4 rings (SSSR count). The van der Waals surface area contributed by atoms with Gasteiger partial charge < -0.3 is 20.1 Å². The lowest BCUT2D eigenvalue weighted by Gasteiger charge is -2.45. The number of fused-ring (bicyclic) bond motifs is 5. The fourth-order valence-electron chi connectivity index (χ4n) is 4.02. The Kier molecular flexibility index (Phi) is 4.14. The van der Waals surface area contributed by atoms with Gasteiger partial charge in [-0.15, -0.1) is 0 Å². The van der Waals surface area contributed by atoms with E-state index >= 15 is 0 Å². The third-order valence-electron chi connectivity index (χ3n) is 5.19. The lowest BCUT2D eigenvalue weighted by atomic mass is 9.85. The van der Waals surface area contributed by atoms with E-state index in [9.17, 15) is 9.59 Å². The zero-order valence-corrected chi connectivity index (χ0v) is 15.3. The van der Waals surface area contributed by atoms with Crippen LogP contribution in [0.2, 0.25) is 0 Å². The maximum absolute atomic E-state index is 13.1. The fraction of sp³-hybridized carbons (Fsp3) is 0.300. The Morgan fingerprint density at radius 2 is 1.85 bits per heavy atom. The number of carbonyl (C=O) groups excluding carboxylic acids is 2. The minimum absolute atomic E-state index is 0.141. The Morgan fingerprint density at radius 3 is 2.56 bits per heavy atom. The third kappa shape index (κ3) is 2.66. The second-order valence-corrected chi connectivity index (χ2v) is 6.65. The predicted molar refractivity (Wildman–Crippen MR) is 100 cm³/mol. The summed E-state index contributed by atoms with van der Waals surface area (Å²) in [5.41, 5.74) is 9.19. The molecule has 2 N–H and O–H groups in total. The summed E-state index contributed by atoms with van der Waals surface area (Å²) < 4.78 is 10.9. The number of hydrogen-bond acceptors (Lipinski definition) is 4. The molecule has 3 amide bonds. The fourth-order valence-corrected chi connectivity index (χ4v) is 4.02. The van der Waals surface area contributed by atoms with Crippen LogP contribution in [0.15, 0.2) is 36.4 Å². The Bertz CT molecular complexity index is 927. The van der Waals surface area contributed by atoms with E-state index in [4.69, 9.17) is 15.2 Å². The van der Waals surface area contributed by atoms with Gasteiger partial charge in [-0.3, -0.25) is 9.69 Å². The van der Waals surface area contributed by atoms with Gasteiger partial charge in [0.1, 0.15) is 6.54 Å². The number of primary amides is 1. The number of carbonyl (C=O) groups is 2. The molecule has 2 aliphatic rings. The summed E-state index contributed by atoms with van der Waals surface area (Å²) in [6.45, 7) is 0.410. The van der Waals surface area contributed by atoms with Gasteiger partial charge in [0.15, 0.2) is 11.5 Å². The minimum Gasteiger partial charge on any atom is -0.493 e. The van der Waals surface area contributed by atoms with Gasteiger partial charge in [0.2, 0.25) is 5.91 Å². The van der Waals surface area contributed by atoms with Gasteiger partial charge >= 0.3 is 6.03 Å². The van der Waals surface area contributed by atoms with E-state index in [1.165, 1.54) is 4.90 Å². The molecule has 1 atom stereocenters. The van der Waals surface area contributed by atoms with E-state index in [2.05, 4.69) is 0 Å². The van der Waals surface area contributed by atoms with E-state index in [-0.39, 0.29) is 18.6 Å². The first-order valence-corrected chi connectivity index (χ1v) is 8.75. The molecule has 0 radical (unpaired) electrons. The average molecular weight is 367 g/mol. The van der Waals surface area contributed by atoms with Crippen molar-refractivity contribution in [2.45, 2.75) is 12.5 Å². The Hall–Kier alpha value is -3.22. The number of anilines is 1. The summed E-state index contributed by atoms with van der Waals surface area (Å²) in [6.07, 6.45) is 0.699. The number of methoxy groups -OCH3 is 2. The van der Waals surface area contributed by atoms with Crippen LogP contribution in [0.5, 0.6) is 11.5 Å². The highest BCUT2D eigenvalue weighted by Crippen LogP contribution is 2.46. The lowest BCUT2D eigenvalue weighted by Crippen LogP contribution is -2.54. The largest absolute Gasteiger partial charge is 0.493 e. The summed E-state index contributed by atoms with van der Waals surface area (Å²) in [6, 6.07) is 11.1. The van der Waals surface area contributed by atoms with E-state index < -0.39 is 5.91 Å². The Balaban J connectivity index is 1.89. The number of amides is 3. The maximum Gasteiger partial charge on any atom is 0.325 e. The van der Waals surface area contributed by atoms with Crippen LogP contribution in [0, 0.1) is 0 Å². The molecule has 140 valence electrons. The predicted octanol–water partition coefficient (Wildman–Crippen LogP) is 2.08. The molecule has 7 nitrogen and oxygen atoms in total. The van der Waals surface area contributed by atoms with Crippen LogP contribution < -0.4 is 20.1 Å². The van der Waals surface area contributed by atoms with Crippen molar-refractivity contribution in [3.63, 3.8) is 0 Å². The van der Waals surface area contributed by atoms with Gasteiger partial charge in [0.05, 0.1) is 25.9 Å². The summed E-state index contributed by atoms with van der Waals surface area (Å²) in [5.74, 6) is 0.762. The quantitative estimate of drug-likeness (QED) is 0.897. The van der Waals surface area contributed by atoms with Crippen molar-refractivity contribution in [2.24, 2.45) is 5.73 Å². The second kappa shape index (κ2) is 6.50. The van der Waals surface area contributed by atoms with Crippen molar-refractivity contribution >= 4 is 17.6 Å². The highest BCUT2D eigenvalue weighted by atomic mass is 16.5. The zero-order chi connectivity index (χ0) is 19.1. The second-order valence-electron chi connectivity index (χ2n) is 6.65. The van der Waals surface area contributed by atoms with Gasteiger partial charge in [-0.05, 0) is 35.7 Å². The van der Waals surface area contributed by atoms with Gasteiger partial charge in [-0.25, -0.2) is 4.79 Å². The van der Waals surface area contributed by atoms with Crippen LogP contribution in [0.4, 0.5) is 10.5 Å². The maximum atomic E-state index is 13.1. The Labute approximate surface area is 157 Å². The highest BCUT2D eigenvalue weighted by molar-refractivity contribution is 6.00. The molecule has 0 aromatic heterocycles. The molecule has 2 aliphatic heterocycles. The lowest BCUT2D eigenvalue weighted by molar-refractivity contribution is -0.116. The van der Waals surface area contributed by atoms with Gasteiger partial charge in [-0.2, -0.15) is 0 Å². The minimum atomic E-state index is -0.541. The molecule has 1 unspecified atom stereocenters. The molecular formula is C20H21N3O4. The monoisotopic (exact) mass is 367 g/mol. The number of benzene rings is 2. The average Bonchev–Trinajstić information content (AvgIpc) is 2.69. The summed E-state index contributed by atoms with van der Waals surface area (Å²) in [7, 11) is 3.21. The van der Waals surface area contributed by atoms with Gasteiger partial charge in [0, 0.05) is 12.1 Å². The van der Waals surface area contributed by atoms with Gasteiger partial charge in [-0.1, -0.05) is 18.2 Å². The van der Waals surface area contributed by atoms with E-state index in [1.54, 1.807) is 19.1 Å². The molecule has 27 heavy (non-hydrogen) atoms. The van der Waals surface area contributed by atoms with Gasteiger partial charge in [0.25, 0.3) is 0 Å². The van der Waals surface area contributed by atoms with Crippen molar-refractivity contribution < 1.29 is 19.1 Å². The molecule has 7 heteroatoms. The number of nitrogens with zero attached hydrogens (tertiary/aromatic N) is 2. The molecule has 2 aromatic rings. The molecule has 0 saturated heterocycles. The summed E-state index contributed by atoms with van der Waals surface area (Å²) in [5, 5.41) is 0. The molecule has 0 spiro atoms. The van der Waals surface area contributed by atoms with E-state index in [0.717, 1.165) is 16.7 Å². The standard InChI is InChI=1S/C20H21N3O4/c1-26-16-9-12-7-8-22-19(14(12)10-17(16)27-2)13-5-3-4-6-15(13)23(20(22)25)11-18(21)24/h3-6,9-10,19H,7-8,11H2,1-2H3,(H2,21,24). The van der Waals surface area contributed by atoms with Crippen molar-refractivity contribution in [1.29, 1.82) is 0 Å². The van der Waals surface area contributed by atoms with Crippen molar-refractivity contribution in [2.75, 3.05) is 32.2 Å². The SMILES string of the molecule is COc1cc2c(cc1OC)C1c3ccccc3N(CC(N)=O)C(=O)N1CC2. The van der Waals surface area contributed by atoms with Crippen molar-refractivity contribution in [3.05, 3.63) is 53.1 Å².